The van der Waals surface area contributed by atoms with Crippen molar-refractivity contribution >= 4 is 11.7 Å². The average molecular weight is 333 g/mol. The Hall–Kier alpha value is -2.88. The molecule has 128 valence electrons. The van der Waals surface area contributed by atoms with Crippen molar-refractivity contribution in [1.29, 1.82) is 0 Å². The Labute approximate surface area is 148 Å². The lowest BCUT2D eigenvalue weighted by Crippen LogP contribution is -2.19. The van der Waals surface area contributed by atoms with Crippen LogP contribution in [0.3, 0.4) is 0 Å². The highest BCUT2D eigenvalue weighted by atomic mass is 16.2. The Balaban J connectivity index is 2.28. The smallest absolute Gasteiger partial charge is 0.245 e. The summed E-state index contributed by atoms with van der Waals surface area (Å²) < 4.78 is 1.48. The summed E-state index contributed by atoms with van der Waals surface area (Å²) in [5.74, 6) is 0.650. The van der Waals surface area contributed by atoms with E-state index in [-0.39, 0.29) is 11.9 Å². The molecule has 0 fully saturated rings. The van der Waals surface area contributed by atoms with Crippen molar-refractivity contribution < 1.29 is 4.79 Å². The van der Waals surface area contributed by atoms with Crippen LogP contribution in [-0.4, -0.2) is 21.7 Å². The molecule has 2 aromatic carbocycles. The molecule has 4 nitrogen and oxygen atoms in total. The van der Waals surface area contributed by atoms with Gasteiger partial charge >= 0.3 is 0 Å². The molecule has 0 radical (unpaired) electrons. The maximum absolute atomic E-state index is 12.2. The first kappa shape index (κ1) is 17.0. The van der Waals surface area contributed by atoms with Crippen LogP contribution in [0.25, 0.3) is 22.4 Å². The number of hydrogen-bond acceptors (Lipinski definition) is 3. The van der Waals surface area contributed by atoms with E-state index in [0.717, 1.165) is 34.6 Å². The summed E-state index contributed by atoms with van der Waals surface area (Å²) in [7, 11) is 0. The zero-order valence-corrected chi connectivity index (χ0v) is 14.9. The van der Waals surface area contributed by atoms with E-state index in [1.54, 1.807) is 6.92 Å². The minimum Gasteiger partial charge on any atom is -0.367 e. The number of carbonyl (C=O) groups excluding carboxylic acids is 1. The minimum absolute atomic E-state index is 0.106. The lowest BCUT2D eigenvalue weighted by atomic mass is 10.0. The molecule has 0 aliphatic carbocycles. The zero-order chi connectivity index (χ0) is 17.8. The van der Waals surface area contributed by atoms with Crippen molar-refractivity contribution in [3.8, 4) is 22.4 Å². The molecule has 0 saturated heterocycles. The summed E-state index contributed by atoms with van der Waals surface area (Å²) in [4.78, 5) is 12.2. The molecular formula is C21H23N3O. The van der Waals surface area contributed by atoms with Gasteiger partial charge in [0.25, 0.3) is 0 Å². The predicted octanol–water partition coefficient (Wildman–Crippen LogP) is 5.09. The highest BCUT2D eigenvalue weighted by Gasteiger charge is 2.23. The third kappa shape index (κ3) is 3.48. The van der Waals surface area contributed by atoms with Crippen LogP contribution in [-0.2, 0) is 0 Å². The van der Waals surface area contributed by atoms with Crippen molar-refractivity contribution in [2.75, 3.05) is 5.32 Å². The van der Waals surface area contributed by atoms with Crippen LogP contribution in [0.2, 0.25) is 0 Å². The fourth-order valence-electron chi connectivity index (χ4n) is 2.79. The largest absolute Gasteiger partial charge is 0.367 e. The van der Waals surface area contributed by atoms with Crippen LogP contribution in [0, 0.1) is 0 Å². The molecule has 0 aliphatic rings. The van der Waals surface area contributed by atoms with Gasteiger partial charge in [-0.05, 0) is 18.9 Å². The van der Waals surface area contributed by atoms with Gasteiger partial charge in [0.1, 0.15) is 11.5 Å². The van der Waals surface area contributed by atoms with E-state index in [2.05, 4.69) is 36.4 Å². The molecule has 0 aliphatic heterocycles. The van der Waals surface area contributed by atoms with Gasteiger partial charge in [-0.2, -0.15) is 9.78 Å². The molecule has 25 heavy (non-hydrogen) atoms. The number of benzene rings is 2. The Kier molecular flexibility index (Phi) is 4.98. The molecule has 1 atom stereocenters. The molecule has 0 amide bonds. The van der Waals surface area contributed by atoms with Crippen LogP contribution < -0.4 is 5.32 Å². The molecule has 1 N–H and O–H groups in total. The monoisotopic (exact) mass is 333 g/mol. The molecule has 0 saturated carbocycles. The van der Waals surface area contributed by atoms with E-state index in [4.69, 9.17) is 0 Å². The quantitative estimate of drug-likeness (QED) is 0.707. The maximum Gasteiger partial charge on any atom is 0.245 e. The van der Waals surface area contributed by atoms with Gasteiger partial charge in [-0.15, -0.1) is 0 Å². The lowest BCUT2D eigenvalue weighted by Gasteiger charge is -2.15. The Bertz CT molecular complexity index is 854. The normalized spacial score (nSPS) is 12.0. The summed E-state index contributed by atoms with van der Waals surface area (Å²) in [5.41, 5.74) is 3.81. The molecular weight excluding hydrogens is 310 g/mol. The Morgan fingerprint density at radius 2 is 1.60 bits per heavy atom. The third-order valence-electron chi connectivity index (χ3n) is 4.29. The van der Waals surface area contributed by atoms with Gasteiger partial charge in [0.2, 0.25) is 5.91 Å². The van der Waals surface area contributed by atoms with E-state index in [1.807, 2.05) is 48.5 Å². The number of carbonyl (C=O) groups is 1. The SMILES string of the molecule is CCC(C)Nc1c(-c2ccccc2)c(-c2ccccc2)nn1C(C)=O. The number of aromatic nitrogens is 2. The third-order valence-corrected chi connectivity index (χ3v) is 4.29. The van der Waals surface area contributed by atoms with Crippen LogP contribution in [0.4, 0.5) is 5.82 Å². The van der Waals surface area contributed by atoms with Crippen LogP contribution >= 0.6 is 0 Å². The highest BCUT2D eigenvalue weighted by Crippen LogP contribution is 2.38. The summed E-state index contributed by atoms with van der Waals surface area (Å²) in [6.45, 7) is 5.76. The second-order valence-corrected chi connectivity index (χ2v) is 6.19. The number of nitrogens with zero attached hydrogens (tertiary/aromatic N) is 2. The van der Waals surface area contributed by atoms with E-state index in [9.17, 15) is 4.79 Å². The average Bonchev–Trinajstić information content (AvgIpc) is 3.02. The van der Waals surface area contributed by atoms with Crippen molar-refractivity contribution in [2.45, 2.75) is 33.2 Å². The van der Waals surface area contributed by atoms with Gasteiger partial charge in [-0.3, -0.25) is 4.79 Å². The van der Waals surface area contributed by atoms with Gasteiger partial charge in [0, 0.05) is 18.5 Å². The second-order valence-electron chi connectivity index (χ2n) is 6.19. The van der Waals surface area contributed by atoms with Gasteiger partial charge in [0.05, 0.1) is 5.56 Å². The van der Waals surface area contributed by atoms with E-state index in [0.29, 0.717) is 0 Å². The second kappa shape index (κ2) is 7.34. The molecule has 3 rings (SSSR count). The molecule has 0 bridgehead atoms. The van der Waals surface area contributed by atoms with Gasteiger partial charge in [-0.1, -0.05) is 67.6 Å². The number of hydrogen-bond donors (Lipinski definition) is 1. The van der Waals surface area contributed by atoms with Crippen molar-refractivity contribution in [3.05, 3.63) is 60.7 Å². The van der Waals surface area contributed by atoms with Gasteiger partial charge in [-0.25, -0.2) is 0 Å². The van der Waals surface area contributed by atoms with Crippen molar-refractivity contribution in [3.63, 3.8) is 0 Å². The number of nitrogens with one attached hydrogen (secondary N) is 1. The number of anilines is 1. The first-order chi connectivity index (χ1) is 12.1. The summed E-state index contributed by atoms with van der Waals surface area (Å²) >= 11 is 0. The molecule has 1 heterocycles. The van der Waals surface area contributed by atoms with Crippen molar-refractivity contribution in [2.24, 2.45) is 0 Å². The molecule has 0 spiro atoms. The van der Waals surface area contributed by atoms with E-state index >= 15 is 0 Å². The standard InChI is InChI=1S/C21H23N3O/c1-4-15(2)22-21-19(17-11-7-5-8-12-17)20(23-24(21)16(3)25)18-13-9-6-10-14-18/h5-15,22H,4H2,1-3H3. The summed E-state index contributed by atoms with van der Waals surface area (Å²) in [5, 5.41) is 8.13. The molecule has 3 aromatic rings. The summed E-state index contributed by atoms with van der Waals surface area (Å²) in [6.07, 6.45) is 0.956. The first-order valence-electron chi connectivity index (χ1n) is 8.63. The highest BCUT2D eigenvalue weighted by molar-refractivity contribution is 5.94. The molecule has 4 heteroatoms. The minimum atomic E-state index is -0.106. The van der Waals surface area contributed by atoms with E-state index < -0.39 is 0 Å². The van der Waals surface area contributed by atoms with Crippen molar-refractivity contribution in [1.82, 2.24) is 9.78 Å². The fourth-order valence-corrected chi connectivity index (χ4v) is 2.79. The fraction of sp³-hybridized carbons (Fsp3) is 0.238. The Morgan fingerprint density at radius 1 is 1.04 bits per heavy atom. The first-order valence-corrected chi connectivity index (χ1v) is 8.63. The lowest BCUT2D eigenvalue weighted by molar-refractivity contribution is 0.0924. The Morgan fingerprint density at radius 3 is 2.12 bits per heavy atom. The zero-order valence-electron chi connectivity index (χ0n) is 14.9. The maximum atomic E-state index is 12.2. The van der Waals surface area contributed by atoms with Crippen LogP contribution in [0.1, 0.15) is 32.0 Å². The predicted molar refractivity (Wildman–Crippen MR) is 103 cm³/mol. The van der Waals surface area contributed by atoms with Gasteiger partial charge < -0.3 is 5.32 Å². The van der Waals surface area contributed by atoms with E-state index in [1.165, 1.54) is 4.68 Å². The molecule has 1 aromatic heterocycles. The topological polar surface area (TPSA) is 46.9 Å². The van der Waals surface area contributed by atoms with Crippen LogP contribution in [0.5, 0.6) is 0 Å². The van der Waals surface area contributed by atoms with Crippen LogP contribution in [0.15, 0.2) is 60.7 Å². The molecule has 1 unspecified atom stereocenters. The van der Waals surface area contributed by atoms with Gasteiger partial charge in [0.15, 0.2) is 0 Å². The summed E-state index contributed by atoms with van der Waals surface area (Å²) in [6, 6.07) is 20.3. The number of rotatable bonds is 5.